The Labute approximate surface area is 190 Å². The third kappa shape index (κ3) is 5.68. The number of nitrogens with one attached hydrogen (secondary N) is 2. The van der Waals surface area contributed by atoms with Gasteiger partial charge in [-0.2, -0.15) is 0 Å². The van der Waals surface area contributed by atoms with Gasteiger partial charge < -0.3 is 10.1 Å². The van der Waals surface area contributed by atoms with Gasteiger partial charge in [0.1, 0.15) is 5.75 Å². The quantitative estimate of drug-likeness (QED) is 0.573. The minimum atomic E-state index is -3.62. The molecule has 1 saturated heterocycles. The van der Waals surface area contributed by atoms with Gasteiger partial charge in [-0.15, -0.1) is 0 Å². The summed E-state index contributed by atoms with van der Waals surface area (Å²) in [7, 11) is -1.97. The van der Waals surface area contributed by atoms with Crippen molar-refractivity contribution in [1.82, 2.24) is 14.9 Å². The summed E-state index contributed by atoms with van der Waals surface area (Å²) in [4.78, 5) is 15.4. The molecule has 1 aliphatic carbocycles. The molecule has 1 saturated carbocycles. The third-order valence-electron chi connectivity index (χ3n) is 6.20. The number of benzene rings is 2. The fourth-order valence-corrected chi connectivity index (χ4v) is 5.23. The van der Waals surface area contributed by atoms with Crippen molar-refractivity contribution in [2.24, 2.45) is 5.92 Å². The zero-order chi connectivity index (χ0) is 22.6. The highest BCUT2D eigenvalue weighted by Crippen LogP contribution is 2.28. The summed E-state index contributed by atoms with van der Waals surface area (Å²) in [5, 5.41) is 3.01. The van der Waals surface area contributed by atoms with Crippen LogP contribution in [-0.4, -0.2) is 52.5 Å². The van der Waals surface area contributed by atoms with Crippen molar-refractivity contribution in [3.8, 4) is 5.75 Å². The molecule has 0 bridgehead atoms. The number of hydrogen-bond acceptors (Lipinski definition) is 5. The van der Waals surface area contributed by atoms with Crippen LogP contribution in [-0.2, 0) is 10.0 Å². The first-order chi connectivity index (χ1) is 15.5. The molecule has 2 fully saturated rings. The molecule has 0 spiro atoms. The Bertz CT molecular complexity index is 1030. The molecule has 1 aliphatic heterocycles. The maximum Gasteiger partial charge on any atom is 0.251 e. The van der Waals surface area contributed by atoms with Crippen LogP contribution in [0.25, 0.3) is 0 Å². The lowest BCUT2D eigenvalue weighted by molar-refractivity contribution is 0.0937. The standard InChI is InChI=1S/C24H31N3O4S/c1-31-21-11-9-19(10-12-21)23(27-13-2-3-14-27)17-25-24(28)20-5-4-6-22(15-20)32(29,30)26-16-18-7-8-18/h4-6,9-12,15,18,23,26H,2-3,7-8,13-14,16-17H2,1H3,(H,25,28). The normalized spacial score (nSPS) is 17.8. The number of likely N-dealkylation sites (tertiary alicyclic amines) is 1. The van der Waals surface area contributed by atoms with Crippen LogP contribution in [0, 0.1) is 5.92 Å². The zero-order valence-corrected chi connectivity index (χ0v) is 19.2. The van der Waals surface area contributed by atoms with E-state index in [2.05, 4.69) is 14.9 Å². The van der Waals surface area contributed by atoms with E-state index in [0.29, 0.717) is 24.6 Å². The fraction of sp³-hybridized carbons (Fsp3) is 0.458. The molecule has 1 heterocycles. The molecule has 2 N–H and O–H groups in total. The zero-order valence-electron chi connectivity index (χ0n) is 18.4. The van der Waals surface area contributed by atoms with Crippen molar-refractivity contribution in [2.45, 2.75) is 36.6 Å². The summed E-state index contributed by atoms with van der Waals surface area (Å²) < 4.78 is 33.0. The van der Waals surface area contributed by atoms with E-state index in [0.717, 1.165) is 50.1 Å². The van der Waals surface area contributed by atoms with E-state index in [1.165, 1.54) is 12.1 Å². The largest absolute Gasteiger partial charge is 0.497 e. The van der Waals surface area contributed by atoms with E-state index < -0.39 is 10.0 Å². The Hall–Kier alpha value is -2.42. The summed E-state index contributed by atoms with van der Waals surface area (Å²) in [5.74, 6) is 0.963. The third-order valence-corrected chi connectivity index (χ3v) is 7.62. The van der Waals surface area contributed by atoms with Crippen LogP contribution in [0.3, 0.4) is 0 Å². The molecule has 8 heteroatoms. The van der Waals surface area contributed by atoms with Gasteiger partial charge in [-0.1, -0.05) is 18.2 Å². The van der Waals surface area contributed by atoms with Crippen LogP contribution in [0.4, 0.5) is 0 Å². The van der Waals surface area contributed by atoms with Gasteiger partial charge in [0.2, 0.25) is 10.0 Å². The first-order valence-corrected chi connectivity index (χ1v) is 12.7. The SMILES string of the molecule is COc1ccc(C(CNC(=O)c2cccc(S(=O)(=O)NCC3CC3)c2)N2CCCC2)cc1. The molecule has 7 nitrogen and oxygen atoms in total. The number of ether oxygens (including phenoxy) is 1. The fourth-order valence-electron chi connectivity index (χ4n) is 4.07. The van der Waals surface area contributed by atoms with Crippen molar-refractivity contribution >= 4 is 15.9 Å². The van der Waals surface area contributed by atoms with Crippen LogP contribution in [0.1, 0.15) is 47.6 Å². The number of sulfonamides is 1. The molecule has 2 aliphatic rings. The second kappa shape index (κ2) is 10.0. The van der Waals surface area contributed by atoms with Gasteiger partial charge in [0.15, 0.2) is 0 Å². The number of carbonyl (C=O) groups is 1. The molecule has 1 atom stereocenters. The van der Waals surface area contributed by atoms with Crippen LogP contribution in [0.15, 0.2) is 53.4 Å². The number of nitrogens with zero attached hydrogens (tertiary/aromatic N) is 1. The molecule has 1 amide bonds. The Morgan fingerprint density at radius 3 is 2.50 bits per heavy atom. The van der Waals surface area contributed by atoms with E-state index in [1.807, 2.05) is 24.3 Å². The minimum Gasteiger partial charge on any atom is -0.497 e. The van der Waals surface area contributed by atoms with Gasteiger partial charge in [0, 0.05) is 18.7 Å². The molecule has 2 aromatic rings. The van der Waals surface area contributed by atoms with E-state index in [4.69, 9.17) is 4.74 Å². The van der Waals surface area contributed by atoms with E-state index in [1.54, 1.807) is 19.2 Å². The van der Waals surface area contributed by atoms with E-state index in [9.17, 15) is 13.2 Å². The first kappa shape index (κ1) is 22.8. The summed E-state index contributed by atoms with van der Waals surface area (Å²) in [6.07, 6.45) is 4.43. The summed E-state index contributed by atoms with van der Waals surface area (Å²) in [6, 6.07) is 14.2. The average molecular weight is 458 g/mol. The first-order valence-electron chi connectivity index (χ1n) is 11.2. The van der Waals surface area contributed by atoms with Gasteiger partial charge in [-0.3, -0.25) is 9.69 Å². The lowest BCUT2D eigenvalue weighted by atomic mass is 10.0. The van der Waals surface area contributed by atoms with Gasteiger partial charge in [0.25, 0.3) is 5.91 Å². The van der Waals surface area contributed by atoms with Crippen LogP contribution < -0.4 is 14.8 Å². The van der Waals surface area contributed by atoms with Crippen molar-refractivity contribution in [3.05, 3.63) is 59.7 Å². The number of hydrogen-bond donors (Lipinski definition) is 2. The molecule has 32 heavy (non-hydrogen) atoms. The molecule has 0 radical (unpaired) electrons. The summed E-state index contributed by atoms with van der Waals surface area (Å²) >= 11 is 0. The van der Waals surface area contributed by atoms with Crippen LogP contribution >= 0.6 is 0 Å². The second-order valence-electron chi connectivity index (χ2n) is 8.57. The predicted octanol–water partition coefficient (Wildman–Crippen LogP) is 2.95. The number of methoxy groups -OCH3 is 1. The maximum atomic E-state index is 12.9. The molecule has 0 aromatic heterocycles. The van der Waals surface area contributed by atoms with Crippen molar-refractivity contribution < 1.29 is 17.9 Å². The molecule has 4 rings (SSSR count). The van der Waals surface area contributed by atoms with Gasteiger partial charge >= 0.3 is 0 Å². The summed E-state index contributed by atoms with van der Waals surface area (Å²) in [5.41, 5.74) is 1.46. The molecular formula is C24H31N3O4S. The second-order valence-corrected chi connectivity index (χ2v) is 10.3. The number of rotatable bonds is 10. The highest BCUT2D eigenvalue weighted by molar-refractivity contribution is 7.89. The Kier molecular flexibility index (Phi) is 7.13. The van der Waals surface area contributed by atoms with E-state index >= 15 is 0 Å². The molecule has 172 valence electrons. The van der Waals surface area contributed by atoms with Crippen molar-refractivity contribution in [2.75, 3.05) is 33.3 Å². The Balaban J connectivity index is 1.44. The lowest BCUT2D eigenvalue weighted by Crippen LogP contribution is -2.36. The Morgan fingerprint density at radius 1 is 1.12 bits per heavy atom. The average Bonchev–Trinajstić information content (AvgIpc) is 3.50. The van der Waals surface area contributed by atoms with Gasteiger partial charge in [0.05, 0.1) is 18.0 Å². The molecule has 1 unspecified atom stereocenters. The number of carbonyl (C=O) groups excluding carboxylic acids is 1. The highest BCUT2D eigenvalue weighted by Gasteiger charge is 2.26. The maximum absolute atomic E-state index is 12.9. The van der Waals surface area contributed by atoms with Crippen LogP contribution in [0.2, 0.25) is 0 Å². The lowest BCUT2D eigenvalue weighted by Gasteiger charge is -2.28. The van der Waals surface area contributed by atoms with E-state index in [-0.39, 0.29) is 16.8 Å². The van der Waals surface area contributed by atoms with Crippen molar-refractivity contribution in [1.29, 1.82) is 0 Å². The smallest absolute Gasteiger partial charge is 0.251 e. The highest BCUT2D eigenvalue weighted by atomic mass is 32.2. The molecular weight excluding hydrogens is 426 g/mol. The molecule has 2 aromatic carbocycles. The van der Waals surface area contributed by atoms with Crippen molar-refractivity contribution in [3.63, 3.8) is 0 Å². The van der Waals surface area contributed by atoms with Gasteiger partial charge in [-0.05, 0) is 80.6 Å². The Morgan fingerprint density at radius 2 is 1.84 bits per heavy atom. The topological polar surface area (TPSA) is 87.7 Å². The minimum absolute atomic E-state index is 0.0551. The van der Waals surface area contributed by atoms with Crippen LogP contribution in [0.5, 0.6) is 5.75 Å². The predicted molar refractivity (Wildman–Crippen MR) is 123 cm³/mol. The monoisotopic (exact) mass is 457 g/mol. The number of amides is 1. The van der Waals surface area contributed by atoms with Gasteiger partial charge in [-0.25, -0.2) is 13.1 Å². The summed E-state index contributed by atoms with van der Waals surface area (Å²) in [6.45, 7) is 2.89.